The van der Waals surface area contributed by atoms with E-state index in [1.165, 1.54) is 30.4 Å². The Labute approximate surface area is 113 Å². The fourth-order valence-electron chi connectivity index (χ4n) is 2.60. The third kappa shape index (κ3) is 2.50. The average Bonchev–Trinajstić information content (AvgIpc) is 2.89. The maximum atomic E-state index is 5.63. The van der Waals surface area contributed by atoms with Gasteiger partial charge in [-0.1, -0.05) is 13.0 Å². The number of rotatable bonds is 4. The minimum Gasteiger partial charge on any atom is -0.478 e. The standard InChI is InChI=1S/C16H20N2O/c1-2-10-19-15-9-8-14-16(18-15)13(11-17-14)12-6-4-3-5-7-12/h6,8-9,11,17H,2-5,7,10H2,1H3. The summed E-state index contributed by atoms with van der Waals surface area (Å²) in [5.41, 5.74) is 4.81. The lowest BCUT2D eigenvalue weighted by Crippen LogP contribution is -1.97. The first kappa shape index (κ1) is 12.3. The second kappa shape index (κ2) is 5.47. The second-order valence-electron chi connectivity index (χ2n) is 5.07. The molecule has 0 fully saturated rings. The Bertz CT molecular complexity index is 598. The summed E-state index contributed by atoms with van der Waals surface area (Å²) >= 11 is 0. The third-order valence-electron chi connectivity index (χ3n) is 3.59. The molecule has 2 aromatic heterocycles. The first-order valence-corrected chi connectivity index (χ1v) is 7.19. The molecule has 1 N–H and O–H groups in total. The molecule has 0 aromatic carbocycles. The molecule has 0 amide bonds. The lowest BCUT2D eigenvalue weighted by molar-refractivity contribution is 0.306. The molecular formula is C16H20N2O. The number of aromatic nitrogens is 2. The van der Waals surface area contributed by atoms with Crippen molar-refractivity contribution in [2.45, 2.75) is 39.0 Å². The third-order valence-corrected chi connectivity index (χ3v) is 3.59. The average molecular weight is 256 g/mol. The maximum absolute atomic E-state index is 5.63. The zero-order valence-electron chi connectivity index (χ0n) is 11.4. The monoisotopic (exact) mass is 256 g/mol. The van der Waals surface area contributed by atoms with Crippen molar-refractivity contribution >= 4 is 16.6 Å². The van der Waals surface area contributed by atoms with Gasteiger partial charge in [0.15, 0.2) is 0 Å². The predicted molar refractivity (Wildman–Crippen MR) is 78.3 cm³/mol. The molecule has 0 radical (unpaired) electrons. The molecule has 19 heavy (non-hydrogen) atoms. The van der Waals surface area contributed by atoms with Gasteiger partial charge in [-0.3, -0.25) is 0 Å². The van der Waals surface area contributed by atoms with Crippen LogP contribution in [0.5, 0.6) is 5.88 Å². The first-order valence-electron chi connectivity index (χ1n) is 7.19. The van der Waals surface area contributed by atoms with Crippen LogP contribution in [-0.4, -0.2) is 16.6 Å². The molecule has 0 bridgehead atoms. The highest BCUT2D eigenvalue weighted by Gasteiger charge is 2.13. The molecule has 0 atom stereocenters. The maximum Gasteiger partial charge on any atom is 0.213 e. The minimum atomic E-state index is 0.723. The van der Waals surface area contributed by atoms with Crippen molar-refractivity contribution in [3.05, 3.63) is 30.0 Å². The molecule has 0 unspecified atom stereocenters. The topological polar surface area (TPSA) is 37.9 Å². The molecule has 0 saturated heterocycles. The van der Waals surface area contributed by atoms with E-state index in [-0.39, 0.29) is 0 Å². The Morgan fingerprint density at radius 1 is 1.32 bits per heavy atom. The van der Waals surface area contributed by atoms with E-state index in [0.29, 0.717) is 0 Å². The van der Waals surface area contributed by atoms with Crippen molar-refractivity contribution < 1.29 is 4.74 Å². The summed E-state index contributed by atoms with van der Waals surface area (Å²) < 4.78 is 5.63. The Morgan fingerprint density at radius 3 is 3.05 bits per heavy atom. The van der Waals surface area contributed by atoms with Gasteiger partial charge in [0.2, 0.25) is 5.88 Å². The summed E-state index contributed by atoms with van der Waals surface area (Å²) in [5, 5.41) is 0. The molecule has 2 aromatic rings. The largest absolute Gasteiger partial charge is 0.478 e. The molecular weight excluding hydrogens is 236 g/mol. The fourth-order valence-corrected chi connectivity index (χ4v) is 2.60. The van der Waals surface area contributed by atoms with Crippen LogP contribution in [0, 0.1) is 0 Å². The normalized spacial score (nSPS) is 15.5. The number of nitrogens with zero attached hydrogens (tertiary/aromatic N) is 1. The smallest absolute Gasteiger partial charge is 0.213 e. The summed E-state index contributed by atoms with van der Waals surface area (Å²) in [6, 6.07) is 3.99. The number of aromatic amines is 1. The number of allylic oxidation sites excluding steroid dienone is 2. The van der Waals surface area contributed by atoms with E-state index in [1.807, 2.05) is 6.07 Å². The number of nitrogens with one attached hydrogen (secondary N) is 1. The number of ether oxygens (including phenoxy) is 1. The molecule has 3 heteroatoms. The molecule has 0 spiro atoms. The van der Waals surface area contributed by atoms with E-state index in [4.69, 9.17) is 4.74 Å². The number of hydrogen-bond acceptors (Lipinski definition) is 2. The van der Waals surface area contributed by atoms with Gasteiger partial charge in [0.05, 0.1) is 17.6 Å². The zero-order valence-corrected chi connectivity index (χ0v) is 11.4. The van der Waals surface area contributed by atoms with Gasteiger partial charge in [0.1, 0.15) is 0 Å². The van der Waals surface area contributed by atoms with Gasteiger partial charge >= 0.3 is 0 Å². The molecule has 3 rings (SSSR count). The van der Waals surface area contributed by atoms with Crippen molar-refractivity contribution in [1.29, 1.82) is 0 Å². The Balaban J connectivity index is 1.97. The van der Waals surface area contributed by atoms with Crippen LogP contribution in [0.15, 0.2) is 24.4 Å². The fraction of sp³-hybridized carbons (Fsp3) is 0.438. The Kier molecular flexibility index (Phi) is 3.53. The molecule has 2 heterocycles. The summed E-state index contributed by atoms with van der Waals surface area (Å²) in [6.45, 7) is 2.83. The number of H-pyrrole nitrogens is 1. The van der Waals surface area contributed by atoms with Gasteiger partial charge in [0.25, 0.3) is 0 Å². The first-order chi connectivity index (χ1) is 9.38. The van der Waals surface area contributed by atoms with Gasteiger partial charge in [-0.25, -0.2) is 4.98 Å². The van der Waals surface area contributed by atoms with Crippen molar-refractivity contribution in [2.75, 3.05) is 6.61 Å². The van der Waals surface area contributed by atoms with Crippen molar-refractivity contribution in [1.82, 2.24) is 9.97 Å². The van der Waals surface area contributed by atoms with E-state index in [1.54, 1.807) is 0 Å². The second-order valence-corrected chi connectivity index (χ2v) is 5.07. The van der Waals surface area contributed by atoms with E-state index in [2.05, 4.69) is 35.2 Å². The van der Waals surface area contributed by atoms with Crippen LogP contribution in [0.3, 0.4) is 0 Å². The number of hydrogen-bond donors (Lipinski definition) is 1. The van der Waals surface area contributed by atoms with Gasteiger partial charge in [-0.15, -0.1) is 0 Å². The molecule has 0 aliphatic heterocycles. The van der Waals surface area contributed by atoms with Gasteiger partial charge in [0, 0.05) is 17.8 Å². The predicted octanol–water partition coefficient (Wildman–Crippen LogP) is 4.31. The highest BCUT2D eigenvalue weighted by atomic mass is 16.5. The van der Waals surface area contributed by atoms with Crippen molar-refractivity contribution in [3.8, 4) is 5.88 Å². The van der Waals surface area contributed by atoms with Gasteiger partial charge in [-0.05, 0) is 43.7 Å². The van der Waals surface area contributed by atoms with Crippen molar-refractivity contribution in [3.63, 3.8) is 0 Å². The van der Waals surface area contributed by atoms with E-state index < -0.39 is 0 Å². The summed E-state index contributed by atoms with van der Waals surface area (Å²) in [6.07, 6.45) is 10.4. The highest BCUT2D eigenvalue weighted by Crippen LogP contribution is 2.31. The molecule has 3 nitrogen and oxygen atoms in total. The lowest BCUT2D eigenvalue weighted by atomic mass is 9.95. The van der Waals surface area contributed by atoms with Crippen LogP contribution in [-0.2, 0) is 0 Å². The Hall–Kier alpha value is -1.77. The van der Waals surface area contributed by atoms with E-state index in [9.17, 15) is 0 Å². The molecule has 1 aliphatic rings. The van der Waals surface area contributed by atoms with Crippen LogP contribution >= 0.6 is 0 Å². The van der Waals surface area contributed by atoms with Crippen LogP contribution in [0.2, 0.25) is 0 Å². The minimum absolute atomic E-state index is 0.723. The molecule has 1 aliphatic carbocycles. The van der Waals surface area contributed by atoms with Crippen LogP contribution in [0.25, 0.3) is 16.6 Å². The number of pyridine rings is 1. The van der Waals surface area contributed by atoms with Crippen LogP contribution in [0.4, 0.5) is 0 Å². The summed E-state index contributed by atoms with van der Waals surface area (Å²) in [7, 11) is 0. The lowest BCUT2D eigenvalue weighted by Gasteiger charge is -2.11. The van der Waals surface area contributed by atoms with Gasteiger partial charge in [-0.2, -0.15) is 0 Å². The highest BCUT2D eigenvalue weighted by molar-refractivity contribution is 5.90. The van der Waals surface area contributed by atoms with E-state index in [0.717, 1.165) is 36.4 Å². The molecule has 0 saturated carbocycles. The van der Waals surface area contributed by atoms with E-state index >= 15 is 0 Å². The summed E-state index contributed by atoms with van der Waals surface area (Å²) in [5.74, 6) is 0.728. The van der Waals surface area contributed by atoms with Crippen LogP contribution < -0.4 is 4.74 Å². The quantitative estimate of drug-likeness (QED) is 0.885. The molecule has 100 valence electrons. The van der Waals surface area contributed by atoms with Crippen molar-refractivity contribution in [2.24, 2.45) is 0 Å². The van der Waals surface area contributed by atoms with Crippen LogP contribution in [0.1, 0.15) is 44.6 Å². The summed E-state index contributed by atoms with van der Waals surface area (Å²) in [4.78, 5) is 7.96. The number of fused-ring (bicyclic) bond motifs is 1. The zero-order chi connectivity index (χ0) is 13.1. The Morgan fingerprint density at radius 2 is 2.26 bits per heavy atom. The van der Waals surface area contributed by atoms with Gasteiger partial charge < -0.3 is 9.72 Å². The SMILES string of the molecule is CCCOc1ccc2[nH]cc(C3=CCCCC3)c2n1.